The average molecular weight is 354 g/mol. The minimum Gasteiger partial charge on any atom is -0.469 e. The standard InChI is InChI=1S/C19H18N2O3S/c1-24-18(23)10-9-17(22)20-19-21(11-12-25-19)13-15-7-4-6-14-5-2-3-8-16(14)15/h2-8,11-12H,9-10,13H2,1H3. The lowest BCUT2D eigenvalue weighted by atomic mass is 10.0. The third kappa shape index (κ3) is 4.22. The summed E-state index contributed by atoms with van der Waals surface area (Å²) in [6.07, 6.45) is 2.02. The number of carbonyl (C=O) groups excluding carboxylic acids is 2. The molecule has 0 aliphatic heterocycles. The number of benzene rings is 2. The molecule has 0 atom stereocenters. The molecule has 128 valence electrons. The number of fused-ring (bicyclic) bond motifs is 1. The van der Waals surface area contributed by atoms with Crippen LogP contribution in [0.25, 0.3) is 10.8 Å². The van der Waals surface area contributed by atoms with Gasteiger partial charge in [-0.05, 0) is 16.3 Å². The zero-order chi connectivity index (χ0) is 17.6. The number of esters is 1. The predicted molar refractivity (Wildman–Crippen MR) is 97.2 cm³/mol. The third-order valence-electron chi connectivity index (χ3n) is 3.87. The van der Waals surface area contributed by atoms with Gasteiger partial charge in [0.15, 0.2) is 4.80 Å². The molecule has 5 nitrogen and oxygen atoms in total. The van der Waals surface area contributed by atoms with Crippen LogP contribution in [0.3, 0.4) is 0 Å². The van der Waals surface area contributed by atoms with Crippen molar-refractivity contribution in [1.82, 2.24) is 4.57 Å². The van der Waals surface area contributed by atoms with Gasteiger partial charge in [-0.15, -0.1) is 11.3 Å². The molecular formula is C19H18N2O3S. The summed E-state index contributed by atoms with van der Waals surface area (Å²) in [7, 11) is 1.31. The summed E-state index contributed by atoms with van der Waals surface area (Å²) in [6, 6.07) is 14.4. The molecular weight excluding hydrogens is 336 g/mol. The highest BCUT2D eigenvalue weighted by Crippen LogP contribution is 2.19. The lowest BCUT2D eigenvalue weighted by Gasteiger charge is -2.07. The van der Waals surface area contributed by atoms with Crippen molar-refractivity contribution in [2.45, 2.75) is 19.4 Å². The van der Waals surface area contributed by atoms with Crippen LogP contribution in [0.4, 0.5) is 0 Å². The molecule has 25 heavy (non-hydrogen) atoms. The van der Waals surface area contributed by atoms with Crippen molar-refractivity contribution in [3.63, 3.8) is 0 Å². The van der Waals surface area contributed by atoms with Gasteiger partial charge in [0.1, 0.15) is 0 Å². The van der Waals surface area contributed by atoms with E-state index in [0.29, 0.717) is 11.3 Å². The molecule has 0 aliphatic rings. The van der Waals surface area contributed by atoms with E-state index >= 15 is 0 Å². The quantitative estimate of drug-likeness (QED) is 0.662. The second-order valence-electron chi connectivity index (χ2n) is 5.53. The topological polar surface area (TPSA) is 60.7 Å². The zero-order valence-electron chi connectivity index (χ0n) is 13.8. The SMILES string of the molecule is COC(=O)CCC(=O)N=c1sccn1Cc1cccc2ccccc12. The van der Waals surface area contributed by atoms with Crippen LogP contribution in [-0.4, -0.2) is 23.6 Å². The van der Waals surface area contributed by atoms with Crippen molar-refractivity contribution >= 4 is 34.0 Å². The van der Waals surface area contributed by atoms with Gasteiger partial charge in [-0.3, -0.25) is 9.59 Å². The Hall–Kier alpha value is -2.73. The molecule has 0 unspecified atom stereocenters. The molecule has 0 saturated heterocycles. The second-order valence-corrected chi connectivity index (χ2v) is 6.41. The van der Waals surface area contributed by atoms with Crippen molar-refractivity contribution in [2.24, 2.45) is 4.99 Å². The molecule has 0 bridgehead atoms. The van der Waals surface area contributed by atoms with Crippen molar-refractivity contribution in [2.75, 3.05) is 7.11 Å². The van der Waals surface area contributed by atoms with E-state index in [0.717, 1.165) is 0 Å². The van der Waals surface area contributed by atoms with Crippen molar-refractivity contribution in [3.05, 3.63) is 64.4 Å². The van der Waals surface area contributed by atoms with Gasteiger partial charge in [-0.25, -0.2) is 0 Å². The molecule has 1 aromatic heterocycles. The molecule has 0 aliphatic carbocycles. The number of amides is 1. The fourth-order valence-electron chi connectivity index (χ4n) is 2.59. The first kappa shape index (κ1) is 17.1. The lowest BCUT2D eigenvalue weighted by molar-refractivity contribution is -0.141. The highest BCUT2D eigenvalue weighted by molar-refractivity contribution is 7.07. The van der Waals surface area contributed by atoms with Crippen molar-refractivity contribution in [3.8, 4) is 0 Å². The van der Waals surface area contributed by atoms with Gasteiger partial charge in [0.25, 0.3) is 0 Å². The van der Waals surface area contributed by atoms with Gasteiger partial charge >= 0.3 is 5.97 Å². The first-order valence-electron chi connectivity index (χ1n) is 7.92. The number of rotatable bonds is 5. The van der Waals surface area contributed by atoms with E-state index < -0.39 is 5.97 Å². The molecule has 0 N–H and O–H groups in total. The Balaban J connectivity index is 1.83. The van der Waals surface area contributed by atoms with E-state index in [9.17, 15) is 9.59 Å². The summed E-state index contributed by atoms with van der Waals surface area (Å²) in [5.41, 5.74) is 1.17. The first-order valence-corrected chi connectivity index (χ1v) is 8.80. The number of carbonyl (C=O) groups is 2. The smallest absolute Gasteiger partial charge is 0.306 e. The summed E-state index contributed by atoms with van der Waals surface area (Å²) >= 11 is 1.40. The maximum Gasteiger partial charge on any atom is 0.306 e. The van der Waals surface area contributed by atoms with E-state index in [-0.39, 0.29) is 18.7 Å². The number of methoxy groups -OCH3 is 1. The number of nitrogens with zero attached hydrogens (tertiary/aromatic N) is 2. The van der Waals surface area contributed by atoms with E-state index in [1.807, 2.05) is 34.3 Å². The summed E-state index contributed by atoms with van der Waals surface area (Å²) in [5, 5.41) is 4.27. The molecule has 0 radical (unpaired) electrons. The Bertz CT molecular complexity index is 966. The highest BCUT2D eigenvalue weighted by Gasteiger charge is 2.07. The Labute approximate surface area is 149 Å². The minimum atomic E-state index is -0.404. The van der Waals surface area contributed by atoms with Crippen LogP contribution >= 0.6 is 11.3 Å². The van der Waals surface area contributed by atoms with Crippen LogP contribution < -0.4 is 4.80 Å². The third-order valence-corrected chi connectivity index (χ3v) is 4.67. The molecule has 1 amide bonds. The summed E-state index contributed by atoms with van der Waals surface area (Å²) in [6.45, 7) is 0.633. The first-order chi connectivity index (χ1) is 12.2. The van der Waals surface area contributed by atoms with Gasteiger partial charge in [0.2, 0.25) is 5.91 Å². The Morgan fingerprint density at radius 3 is 2.76 bits per heavy atom. The van der Waals surface area contributed by atoms with Crippen LogP contribution in [0.5, 0.6) is 0 Å². The lowest BCUT2D eigenvalue weighted by Crippen LogP contribution is -2.17. The van der Waals surface area contributed by atoms with E-state index in [2.05, 4.69) is 34.0 Å². The van der Waals surface area contributed by atoms with Crippen molar-refractivity contribution in [1.29, 1.82) is 0 Å². The van der Waals surface area contributed by atoms with Crippen LogP contribution in [-0.2, 0) is 20.9 Å². The molecule has 0 saturated carbocycles. The van der Waals surface area contributed by atoms with Crippen LogP contribution in [0, 0.1) is 0 Å². The summed E-state index contributed by atoms with van der Waals surface area (Å²) < 4.78 is 6.49. The second kappa shape index (κ2) is 7.90. The molecule has 6 heteroatoms. The van der Waals surface area contributed by atoms with Gasteiger partial charge < -0.3 is 9.30 Å². The summed E-state index contributed by atoms with van der Waals surface area (Å²) in [4.78, 5) is 27.9. The molecule has 2 aromatic carbocycles. The van der Waals surface area contributed by atoms with Crippen LogP contribution in [0.2, 0.25) is 0 Å². The average Bonchev–Trinajstić information content (AvgIpc) is 3.06. The molecule has 1 heterocycles. The van der Waals surface area contributed by atoms with Gasteiger partial charge in [-0.2, -0.15) is 4.99 Å². The fraction of sp³-hybridized carbons (Fsp3) is 0.211. The van der Waals surface area contributed by atoms with Crippen LogP contribution in [0.15, 0.2) is 59.0 Å². The Kier molecular flexibility index (Phi) is 5.40. The number of thiazole rings is 1. The van der Waals surface area contributed by atoms with E-state index in [4.69, 9.17) is 0 Å². The normalized spacial score (nSPS) is 11.6. The number of aromatic nitrogens is 1. The predicted octanol–water partition coefficient (Wildman–Crippen LogP) is 3.13. The molecule has 0 fully saturated rings. The van der Waals surface area contributed by atoms with Gasteiger partial charge in [0, 0.05) is 18.0 Å². The largest absolute Gasteiger partial charge is 0.469 e. The van der Waals surface area contributed by atoms with Crippen molar-refractivity contribution < 1.29 is 14.3 Å². The Morgan fingerprint density at radius 1 is 1.12 bits per heavy atom. The van der Waals surface area contributed by atoms with Gasteiger partial charge in [-0.1, -0.05) is 42.5 Å². The van der Waals surface area contributed by atoms with E-state index in [1.54, 1.807) is 0 Å². The maximum atomic E-state index is 12.0. The zero-order valence-corrected chi connectivity index (χ0v) is 14.7. The Morgan fingerprint density at radius 2 is 1.92 bits per heavy atom. The number of hydrogen-bond acceptors (Lipinski definition) is 4. The molecule has 3 aromatic rings. The molecule has 0 spiro atoms. The number of hydrogen-bond donors (Lipinski definition) is 0. The molecule has 3 rings (SSSR count). The monoisotopic (exact) mass is 354 g/mol. The summed E-state index contributed by atoms with van der Waals surface area (Å²) in [5.74, 6) is -0.724. The number of ether oxygens (including phenoxy) is 1. The highest BCUT2D eigenvalue weighted by atomic mass is 32.1. The minimum absolute atomic E-state index is 0.0491. The van der Waals surface area contributed by atoms with Crippen LogP contribution in [0.1, 0.15) is 18.4 Å². The van der Waals surface area contributed by atoms with Gasteiger partial charge in [0.05, 0.1) is 20.1 Å². The van der Waals surface area contributed by atoms with E-state index in [1.165, 1.54) is 34.8 Å². The maximum absolute atomic E-state index is 12.0. The fourth-order valence-corrected chi connectivity index (χ4v) is 3.34.